The Morgan fingerprint density at radius 2 is 0.882 bits per heavy atom. The largest absolute Gasteiger partial charge is 0.457 e. The van der Waals surface area contributed by atoms with Crippen molar-refractivity contribution < 1.29 is 4.74 Å². The highest BCUT2D eigenvalue weighted by molar-refractivity contribution is 6.11. The van der Waals surface area contributed by atoms with Gasteiger partial charge in [0.15, 0.2) is 0 Å². The van der Waals surface area contributed by atoms with Crippen LogP contribution in [0, 0.1) is 10.8 Å². The summed E-state index contributed by atoms with van der Waals surface area (Å²) in [5.74, 6) is 1.48. The van der Waals surface area contributed by atoms with E-state index >= 15 is 0 Å². The van der Waals surface area contributed by atoms with Crippen molar-refractivity contribution in [3.63, 3.8) is 0 Å². The Bertz CT molecular complexity index is 2410. The first-order chi connectivity index (χ1) is 24.5. The van der Waals surface area contributed by atoms with Crippen LogP contribution in [0.2, 0.25) is 0 Å². The van der Waals surface area contributed by atoms with Crippen molar-refractivity contribution in [3.8, 4) is 34.0 Å². The van der Waals surface area contributed by atoms with E-state index in [0.717, 1.165) is 102 Å². The van der Waals surface area contributed by atoms with E-state index in [0.29, 0.717) is 0 Å². The zero-order valence-corrected chi connectivity index (χ0v) is 30.2. The van der Waals surface area contributed by atoms with Crippen molar-refractivity contribution in [1.82, 2.24) is 19.9 Å². The summed E-state index contributed by atoms with van der Waals surface area (Å²) in [4.78, 5) is 19.7. The average Bonchev–Trinajstić information content (AvgIpc) is 3.09. The molecule has 0 unspecified atom stereocenters. The first kappa shape index (κ1) is 32.5. The van der Waals surface area contributed by atoms with Gasteiger partial charge < -0.3 is 4.74 Å². The number of rotatable bonds is 6. The van der Waals surface area contributed by atoms with Crippen molar-refractivity contribution in [2.24, 2.45) is 10.8 Å². The van der Waals surface area contributed by atoms with Crippen molar-refractivity contribution in [1.29, 1.82) is 0 Å². The van der Waals surface area contributed by atoms with Gasteiger partial charge in [-0.25, -0.2) is 0 Å². The lowest BCUT2D eigenvalue weighted by Crippen LogP contribution is -2.10. The molecule has 0 radical (unpaired) electrons. The molecule has 0 atom stereocenters. The Morgan fingerprint density at radius 1 is 0.451 bits per heavy atom. The Kier molecular flexibility index (Phi) is 8.02. The number of hydrogen-bond acceptors (Lipinski definition) is 5. The smallest absolute Gasteiger partial charge is 0.128 e. The summed E-state index contributed by atoms with van der Waals surface area (Å²) in [6, 6.07) is 37.7. The summed E-state index contributed by atoms with van der Waals surface area (Å²) in [7, 11) is 0. The van der Waals surface area contributed by atoms with Crippen molar-refractivity contribution in [2.45, 2.75) is 54.4 Å². The van der Waals surface area contributed by atoms with E-state index < -0.39 is 0 Å². The number of fused-ring (bicyclic) bond motifs is 6. The van der Waals surface area contributed by atoms with Gasteiger partial charge in [-0.05, 0) is 107 Å². The fourth-order valence-electron chi connectivity index (χ4n) is 7.12. The minimum absolute atomic E-state index is 0.180. The van der Waals surface area contributed by atoms with E-state index in [1.54, 1.807) is 0 Å². The molecule has 5 nitrogen and oxygen atoms in total. The maximum Gasteiger partial charge on any atom is 0.128 e. The van der Waals surface area contributed by atoms with Gasteiger partial charge in [0.2, 0.25) is 0 Å². The molecule has 4 heterocycles. The minimum Gasteiger partial charge on any atom is -0.457 e. The van der Waals surface area contributed by atoms with Gasteiger partial charge in [0.1, 0.15) is 11.5 Å². The molecular formula is C46H42N4O. The van der Waals surface area contributed by atoms with Crippen LogP contribution in [0.5, 0.6) is 11.5 Å². The average molecular weight is 667 g/mol. The number of benzene rings is 4. The summed E-state index contributed by atoms with van der Waals surface area (Å²) >= 11 is 0. The lowest BCUT2D eigenvalue weighted by Gasteiger charge is -2.18. The molecule has 8 aromatic rings. The second-order valence-corrected chi connectivity index (χ2v) is 16.0. The van der Waals surface area contributed by atoms with Crippen LogP contribution >= 0.6 is 0 Å². The fraction of sp³-hybridized carbons (Fsp3) is 0.217. The molecular weight excluding hydrogens is 625 g/mol. The molecule has 0 amide bonds. The topological polar surface area (TPSA) is 60.8 Å². The summed E-state index contributed by atoms with van der Waals surface area (Å²) < 4.78 is 6.50. The van der Waals surface area contributed by atoms with Crippen LogP contribution < -0.4 is 4.74 Å². The van der Waals surface area contributed by atoms with Gasteiger partial charge in [0.25, 0.3) is 0 Å². The quantitative estimate of drug-likeness (QED) is 0.165. The first-order valence-electron chi connectivity index (χ1n) is 17.7. The third-order valence-corrected chi connectivity index (χ3v) is 9.21. The van der Waals surface area contributed by atoms with Crippen LogP contribution in [0.1, 0.15) is 52.9 Å². The Balaban J connectivity index is 1.10. The van der Waals surface area contributed by atoms with Crippen LogP contribution in [0.4, 0.5) is 0 Å². The molecule has 4 aromatic heterocycles. The zero-order valence-electron chi connectivity index (χ0n) is 30.2. The highest BCUT2D eigenvalue weighted by Crippen LogP contribution is 2.36. The second kappa shape index (κ2) is 12.6. The van der Waals surface area contributed by atoms with E-state index in [4.69, 9.17) is 24.7 Å². The van der Waals surface area contributed by atoms with Crippen LogP contribution in [-0.2, 0) is 12.8 Å². The van der Waals surface area contributed by atoms with Gasteiger partial charge in [-0.15, -0.1) is 0 Å². The van der Waals surface area contributed by atoms with Crippen LogP contribution in [0.15, 0.2) is 122 Å². The SMILES string of the molecule is CC(C)(C)Cc1ccc2c(ccc3c(-c4cccc(Oc5cccc(-c6nccc7c6ccc6nc(CC(C)(C)C)ccc67)c5)c4)nccc32)n1. The van der Waals surface area contributed by atoms with Gasteiger partial charge in [-0.2, -0.15) is 0 Å². The predicted octanol–water partition coefficient (Wildman–Crippen LogP) is 12.2. The van der Waals surface area contributed by atoms with Crippen LogP contribution in [0.3, 0.4) is 0 Å². The van der Waals surface area contributed by atoms with Crippen molar-refractivity contribution in [2.75, 3.05) is 0 Å². The standard InChI is InChI=1S/C46H42N4O/c1-45(2,3)27-31-13-15-37-35-21-23-47-43(39(35)17-19-41(37)49-31)29-9-7-11-33(25-29)51-34-12-8-10-30(26-34)44-40-18-20-42-38(36(40)22-24-48-44)16-14-32(50-42)28-46(4,5)6/h7-26H,27-28H2,1-6H3. The van der Waals surface area contributed by atoms with Gasteiger partial charge >= 0.3 is 0 Å². The number of nitrogens with zero attached hydrogens (tertiary/aromatic N) is 4. The molecule has 0 saturated heterocycles. The third-order valence-electron chi connectivity index (χ3n) is 9.21. The number of aromatic nitrogens is 4. The zero-order chi connectivity index (χ0) is 35.3. The Labute approximate surface area is 299 Å². The molecule has 8 rings (SSSR count). The number of ether oxygens (including phenoxy) is 1. The van der Waals surface area contributed by atoms with E-state index in [1.165, 1.54) is 0 Å². The molecule has 0 bridgehead atoms. The molecule has 0 aliphatic rings. The molecule has 252 valence electrons. The molecule has 0 aliphatic heterocycles. The minimum atomic E-state index is 0.180. The monoisotopic (exact) mass is 666 g/mol. The highest BCUT2D eigenvalue weighted by atomic mass is 16.5. The highest BCUT2D eigenvalue weighted by Gasteiger charge is 2.16. The molecule has 51 heavy (non-hydrogen) atoms. The molecule has 4 aromatic carbocycles. The Hall–Kier alpha value is -5.68. The van der Waals surface area contributed by atoms with Crippen molar-refractivity contribution >= 4 is 43.4 Å². The summed E-state index contributed by atoms with van der Waals surface area (Å²) in [5.41, 5.74) is 8.43. The van der Waals surface area contributed by atoms with Crippen LogP contribution in [0.25, 0.3) is 65.9 Å². The summed E-state index contributed by atoms with van der Waals surface area (Å²) in [6.45, 7) is 13.5. The maximum atomic E-state index is 6.50. The van der Waals surface area contributed by atoms with E-state index in [2.05, 4.69) is 126 Å². The summed E-state index contributed by atoms with van der Waals surface area (Å²) in [5, 5.41) is 6.73. The maximum absolute atomic E-state index is 6.50. The van der Waals surface area contributed by atoms with E-state index in [-0.39, 0.29) is 10.8 Å². The normalized spacial score (nSPS) is 12.3. The molecule has 0 spiro atoms. The first-order valence-corrected chi connectivity index (χ1v) is 17.7. The van der Waals surface area contributed by atoms with E-state index in [9.17, 15) is 0 Å². The van der Waals surface area contributed by atoms with Crippen LogP contribution in [-0.4, -0.2) is 19.9 Å². The van der Waals surface area contributed by atoms with Gasteiger partial charge in [0, 0.05) is 56.5 Å². The lowest BCUT2D eigenvalue weighted by molar-refractivity contribution is 0.406. The van der Waals surface area contributed by atoms with E-state index in [1.807, 2.05) is 36.7 Å². The second-order valence-electron chi connectivity index (χ2n) is 16.0. The van der Waals surface area contributed by atoms with Gasteiger partial charge in [-0.1, -0.05) is 77.9 Å². The lowest BCUT2D eigenvalue weighted by atomic mass is 9.90. The third kappa shape index (κ3) is 6.77. The number of pyridine rings is 4. The number of hydrogen-bond donors (Lipinski definition) is 0. The van der Waals surface area contributed by atoms with Gasteiger partial charge in [-0.3, -0.25) is 19.9 Å². The molecule has 0 fully saturated rings. The molecule has 0 saturated carbocycles. The molecule has 0 aliphatic carbocycles. The van der Waals surface area contributed by atoms with Gasteiger partial charge in [0.05, 0.1) is 22.4 Å². The molecule has 5 heteroatoms. The predicted molar refractivity (Wildman–Crippen MR) is 211 cm³/mol. The fourth-order valence-corrected chi connectivity index (χ4v) is 7.12. The van der Waals surface area contributed by atoms with Crippen molar-refractivity contribution in [3.05, 3.63) is 133 Å². The summed E-state index contributed by atoms with van der Waals surface area (Å²) in [6.07, 6.45) is 5.64. The Morgan fingerprint density at radius 3 is 1.31 bits per heavy atom. The molecule has 0 N–H and O–H groups in total.